The minimum atomic E-state index is -4.60. The van der Waals surface area contributed by atoms with Crippen molar-refractivity contribution in [2.24, 2.45) is 0 Å². The Kier molecular flexibility index (Phi) is 8.81. The molecule has 3 rings (SSSR count). The molecule has 9 heteroatoms. The van der Waals surface area contributed by atoms with Crippen molar-refractivity contribution in [3.8, 4) is 16.9 Å². The molecule has 0 radical (unpaired) electrons. The van der Waals surface area contributed by atoms with Crippen LogP contribution in [-0.4, -0.2) is 35.7 Å². The number of alkyl halides is 3. The van der Waals surface area contributed by atoms with Crippen molar-refractivity contribution in [3.63, 3.8) is 0 Å². The maximum Gasteiger partial charge on any atom is 0.416 e. The van der Waals surface area contributed by atoms with E-state index in [1.165, 1.54) is 25.0 Å². The quantitative estimate of drug-likeness (QED) is 0.342. The fraction of sp³-hybridized carbons (Fsp3) is 0.286. The second-order valence-electron chi connectivity index (χ2n) is 8.44. The number of halogens is 3. The van der Waals surface area contributed by atoms with Gasteiger partial charge in [-0.25, -0.2) is 4.79 Å². The number of nitrogens with zero attached hydrogens (tertiary/aromatic N) is 1. The highest BCUT2D eigenvalue weighted by molar-refractivity contribution is 5.80. The smallest absolute Gasteiger partial charge is 0.416 e. The molecule has 1 N–H and O–H groups in total. The molecule has 0 fully saturated rings. The first-order chi connectivity index (χ1) is 17.5. The summed E-state index contributed by atoms with van der Waals surface area (Å²) < 4.78 is 51.6. The number of hydrogen-bond acceptors (Lipinski definition) is 4. The summed E-state index contributed by atoms with van der Waals surface area (Å²) >= 11 is 0. The summed E-state index contributed by atoms with van der Waals surface area (Å²) in [7, 11) is 1.42. The maximum absolute atomic E-state index is 13.6. The van der Waals surface area contributed by atoms with E-state index in [9.17, 15) is 27.9 Å². The number of rotatable bonds is 9. The molecule has 0 bridgehead atoms. The van der Waals surface area contributed by atoms with Gasteiger partial charge in [-0.3, -0.25) is 4.79 Å². The lowest BCUT2D eigenvalue weighted by Gasteiger charge is -2.24. The van der Waals surface area contributed by atoms with Gasteiger partial charge in [0.2, 0.25) is 0 Å². The highest BCUT2D eigenvalue weighted by Crippen LogP contribution is 2.38. The van der Waals surface area contributed by atoms with Crippen molar-refractivity contribution in [2.75, 3.05) is 13.7 Å². The molecular weight excluding hydrogens is 487 g/mol. The van der Waals surface area contributed by atoms with Crippen LogP contribution >= 0.6 is 0 Å². The van der Waals surface area contributed by atoms with E-state index < -0.39 is 29.7 Å². The number of carbonyl (C=O) groups is 2. The van der Waals surface area contributed by atoms with Crippen molar-refractivity contribution in [1.82, 2.24) is 4.90 Å². The highest BCUT2D eigenvalue weighted by Gasteiger charge is 2.32. The summed E-state index contributed by atoms with van der Waals surface area (Å²) in [5.74, 6) is -1.53. The SMILES string of the molecule is CCN(Cc1cc(C(F)(F)F)ccc1-c1cc(C(C)C(=O)O)ccc1OC)C(=O)OCc1ccccc1. The van der Waals surface area contributed by atoms with Crippen molar-refractivity contribution in [1.29, 1.82) is 0 Å². The van der Waals surface area contributed by atoms with Gasteiger partial charge in [0, 0.05) is 18.7 Å². The van der Waals surface area contributed by atoms with Crippen molar-refractivity contribution >= 4 is 12.1 Å². The largest absolute Gasteiger partial charge is 0.496 e. The molecule has 0 aromatic heterocycles. The standard InChI is InChI=1S/C28H28F3NO5/c1-4-32(27(35)37-17-19-8-6-5-7-9-19)16-21-14-22(28(29,30)31)11-12-23(21)24-15-20(18(2)26(33)34)10-13-25(24)36-3/h5-15,18H,4,16-17H2,1-3H3,(H,33,34). The average molecular weight is 516 g/mol. The summed E-state index contributed by atoms with van der Waals surface area (Å²) in [4.78, 5) is 25.7. The molecule has 1 amide bonds. The van der Waals surface area contributed by atoms with Gasteiger partial charge in [0.05, 0.1) is 18.6 Å². The summed E-state index contributed by atoms with van der Waals surface area (Å²) in [5.41, 5.74) is 1.40. The Balaban J connectivity index is 2.02. The topological polar surface area (TPSA) is 76.1 Å². The third-order valence-electron chi connectivity index (χ3n) is 6.02. The van der Waals surface area contributed by atoms with Crippen LogP contribution in [-0.2, 0) is 28.9 Å². The van der Waals surface area contributed by atoms with Crippen LogP contribution in [0, 0.1) is 0 Å². The predicted molar refractivity (Wildman–Crippen MR) is 132 cm³/mol. The van der Waals surface area contributed by atoms with Crippen molar-refractivity contribution in [2.45, 2.75) is 39.1 Å². The molecule has 196 valence electrons. The molecule has 0 aliphatic heterocycles. The number of carboxylic acid groups (broad SMARTS) is 1. The van der Waals surface area contributed by atoms with Crippen LogP contribution in [0.5, 0.6) is 5.75 Å². The summed E-state index contributed by atoms with van der Waals surface area (Å²) in [6.07, 6.45) is -5.27. The van der Waals surface area contributed by atoms with Crippen molar-refractivity contribution < 1.29 is 37.3 Å². The van der Waals surface area contributed by atoms with E-state index in [2.05, 4.69) is 0 Å². The number of methoxy groups -OCH3 is 1. The van der Waals surface area contributed by atoms with Crippen LogP contribution in [0.1, 0.15) is 42.0 Å². The third-order valence-corrected chi connectivity index (χ3v) is 6.02. The predicted octanol–water partition coefficient (Wildman–Crippen LogP) is 6.73. The number of benzene rings is 3. The highest BCUT2D eigenvalue weighted by atomic mass is 19.4. The van der Waals surface area contributed by atoms with Gasteiger partial charge in [-0.2, -0.15) is 13.2 Å². The van der Waals surface area contributed by atoms with E-state index in [1.54, 1.807) is 37.3 Å². The Labute approximate surface area is 213 Å². The zero-order valence-electron chi connectivity index (χ0n) is 20.7. The van der Waals surface area contributed by atoms with Gasteiger partial charge in [-0.05, 0) is 60.4 Å². The maximum atomic E-state index is 13.6. The molecule has 0 saturated heterocycles. The van der Waals surface area contributed by atoms with Crippen LogP contribution in [0.4, 0.5) is 18.0 Å². The van der Waals surface area contributed by atoms with Crippen LogP contribution in [0.2, 0.25) is 0 Å². The molecule has 1 atom stereocenters. The molecule has 0 heterocycles. The van der Waals surface area contributed by atoms with E-state index >= 15 is 0 Å². The van der Waals surface area contributed by atoms with E-state index in [0.717, 1.165) is 17.7 Å². The van der Waals surface area contributed by atoms with Crippen LogP contribution in [0.3, 0.4) is 0 Å². The Hall–Kier alpha value is -4.01. The van der Waals surface area contributed by atoms with E-state index in [1.807, 2.05) is 18.2 Å². The zero-order chi connectivity index (χ0) is 27.2. The molecule has 0 aliphatic rings. The van der Waals surface area contributed by atoms with Gasteiger partial charge in [-0.1, -0.05) is 42.5 Å². The van der Waals surface area contributed by atoms with Gasteiger partial charge in [0.25, 0.3) is 0 Å². The minimum Gasteiger partial charge on any atom is -0.496 e. The zero-order valence-corrected chi connectivity index (χ0v) is 20.7. The molecule has 1 unspecified atom stereocenters. The second-order valence-corrected chi connectivity index (χ2v) is 8.44. The monoisotopic (exact) mass is 515 g/mol. The number of carboxylic acids is 1. The molecule has 0 saturated carbocycles. The fourth-order valence-corrected chi connectivity index (χ4v) is 3.83. The Morgan fingerprint density at radius 2 is 1.70 bits per heavy atom. The molecule has 6 nitrogen and oxygen atoms in total. The lowest BCUT2D eigenvalue weighted by atomic mass is 9.92. The van der Waals surface area contributed by atoms with Crippen LogP contribution in [0.25, 0.3) is 11.1 Å². The normalized spacial score (nSPS) is 12.1. The van der Waals surface area contributed by atoms with Gasteiger partial charge >= 0.3 is 18.2 Å². The van der Waals surface area contributed by atoms with Crippen LogP contribution in [0.15, 0.2) is 66.7 Å². The second kappa shape index (κ2) is 11.8. The molecular formula is C28H28F3NO5. The molecule has 0 aliphatic carbocycles. The molecule has 3 aromatic rings. The Morgan fingerprint density at radius 1 is 1.00 bits per heavy atom. The van der Waals surface area contributed by atoms with Gasteiger partial charge in [0.1, 0.15) is 12.4 Å². The number of amides is 1. The lowest BCUT2D eigenvalue weighted by Crippen LogP contribution is -2.31. The molecule has 3 aromatic carbocycles. The molecule has 0 spiro atoms. The van der Waals surface area contributed by atoms with Crippen LogP contribution < -0.4 is 4.74 Å². The first kappa shape index (κ1) is 27.6. The van der Waals surface area contributed by atoms with Gasteiger partial charge < -0.3 is 19.5 Å². The van der Waals surface area contributed by atoms with E-state index in [-0.39, 0.29) is 25.3 Å². The Bertz CT molecular complexity index is 1240. The van der Waals surface area contributed by atoms with E-state index in [0.29, 0.717) is 22.4 Å². The summed E-state index contributed by atoms with van der Waals surface area (Å²) in [6.45, 7) is 3.27. The number of aliphatic carboxylic acids is 1. The number of ether oxygens (including phenoxy) is 2. The Morgan fingerprint density at radius 3 is 2.30 bits per heavy atom. The van der Waals surface area contributed by atoms with Gasteiger partial charge in [-0.15, -0.1) is 0 Å². The van der Waals surface area contributed by atoms with E-state index in [4.69, 9.17) is 9.47 Å². The fourth-order valence-electron chi connectivity index (χ4n) is 3.83. The summed E-state index contributed by atoms with van der Waals surface area (Å²) in [6, 6.07) is 17.1. The number of hydrogen-bond donors (Lipinski definition) is 1. The first-order valence-corrected chi connectivity index (χ1v) is 11.6. The van der Waals surface area contributed by atoms with Crippen molar-refractivity contribution in [3.05, 3.63) is 89.0 Å². The lowest BCUT2D eigenvalue weighted by molar-refractivity contribution is -0.139. The third kappa shape index (κ3) is 6.81. The molecule has 37 heavy (non-hydrogen) atoms. The minimum absolute atomic E-state index is 0.0224. The average Bonchev–Trinajstić information content (AvgIpc) is 2.89. The number of carbonyl (C=O) groups excluding carboxylic acids is 1. The summed E-state index contributed by atoms with van der Waals surface area (Å²) in [5, 5.41) is 9.43. The van der Waals surface area contributed by atoms with Gasteiger partial charge in [0.15, 0.2) is 0 Å². The first-order valence-electron chi connectivity index (χ1n) is 11.6.